The van der Waals surface area contributed by atoms with E-state index in [0.717, 1.165) is 6.54 Å². The van der Waals surface area contributed by atoms with Crippen LogP contribution in [-0.2, 0) is 15.1 Å². The molecule has 1 saturated heterocycles. The van der Waals surface area contributed by atoms with Crippen LogP contribution in [-0.4, -0.2) is 29.8 Å². The molecule has 128 valence electrons. The zero-order valence-electron chi connectivity index (χ0n) is 12.3. The predicted molar refractivity (Wildman–Crippen MR) is 83.5 cm³/mol. The van der Waals surface area contributed by atoms with E-state index in [4.69, 9.17) is 20.9 Å². The van der Waals surface area contributed by atoms with E-state index in [0.29, 0.717) is 12.1 Å². The third-order valence-corrected chi connectivity index (χ3v) is 3.16. The first-order valence-corrected chi connectivity index (χ1v) is 8.20. The third kappa shape index (κ3) is 8.62. The second-order valence-corrected chi connectivity index (χ2v) is 4.65. The minimum atomic E-state index is -1.49. The zero-order chi connectivity index (χ0) is 17.5. The number of piperidine rings is 1. The summed E-state index contributed by atoms with van der Waals surface area (Å²) < 4.78 is 0. The number of hydrogen-bond donors (Lipinski definition) is 1. The SMILES string of the molecule is C1=C[N-]C(C2CCCC[N-]2)C=C1.N#CC(O)C(C#N)C#N.[Cl][Cu]. The molecular formula is C15H17ClCuN5O-2. The molecule has 1 N–H and O–H groups in total. The van der Waals surface area contributed by atoms with Crippen LogP contribution in [0.1, 0.15) is 19.3 Å². The van der Waals surface area contributed by atoms with Crippen LogP contribution in [0.3, 0.4) is 0 Å². The van der Waals surface area contributed by atoms with Gasteiger partial charge in [-0.3, -0.25) is 0 Å². The molecule has 2 rings (SSSR count). The number of nitrogens with zero attached hydrogens (tertiary/aromatic N) is 5. The summed E-state index contributed by atoms with van der Waals surface area (Å²) in [6.45, 7) is 1.04. The van der Waals surface area contributed by atoms with Gasteiger partial charge in [0.05, 0.1) is 18.2 Å². The van der Waals surface area contributed by atoms with Crippen molar-refractivity contribution >= 4 is 10.1 Å². The summed E-state index contributed by atoms with van der Waals surface area (Å²) in [4.78, 5) is 0. The van der Waals surface area contributed by atoms with E-state index in [9.17, 15) is 0 Å². The van der Waals surface area contributed by atoms with Crippen LogP contribution < -0.4 is 0 Å². The van der Waals surface area contributed by atoms with E-state index in [1.807, 2.05) is 12.3 Å². The molecule has 3 unspecified atom stereocenters. The van der Waals surface area contributed by atoms with Gasteiger partial charge < -0.3 is 15.7 Å². The molecule has 0 aromatic heterocycles. The van der Waals surface area contributed by atoms with E-state index in [1.165, 1.54) is 37.5 Å². The first kappa shape index (κ1) is 21.5. The Hall–Kier alpha value is -1.52. The van der Waals surface area contributed by atoms with Crippen molar-refractivity contribution in [3.63, 3.8) is 0 Å². The fourth-order valence-electron chi connectivity index (χ4n) is 1.99. The summed E-state index contributed by atoms with van der Waals surface area (Å²) in [5.74, 6) is -1.23. The van der Waals surface area contributed by atoms with Gasteiger partial charge in [0, 0.05) is 0 Å². The van der Waals surface area contributed by atoms with Crippen LogP contribution in [0.15, 0.2) is 24.4 Å². The van der Waals surface area contributed by atoms with Crippen molar-refractivity contribution in [3.8, 4) is 18.2 Å². The Morgan fingerprint density at radius 1 is 1.13 bits per heavy atom. The van der Waals surface area contributed by atoms with E-state index in [2.05, 4.69) is 48.0 Å². The quantitative estimate of drug-likeness (QED) is 0.583. The van der Waals surface area contributed by atoms with Crippen LogP contribution in [0.2, 0.25) is 0 Å². The molecule has 3 atom stereocenters. The summed E-state index contributed by atoms with van der Waals surface area (Å²) in [7, 11) is 4.20. The average molecular weight is 382 g/mol. The van der Waals surface area contributed by atoms with Gasteiger partial charge in [0.25, 0.3) is 0 Å². The molecule has 0 spiro atoms. The number of rotatable bonds is 2. The van der Waals surface area contributed by atoms with Crippen LogP contribution in [0.5, 0.6) is 0 Å². The summed E-state index contributed by atoms with van der Waals surface area (Å²) in [6, 6.07) is 5.10. The molecule has 0 radical (unpaired) electrons. The van der Waals surface area contributed by atoms with Gasteiger partial charge in [0.15, 0.2) is 12.0 Å². The molecule has 0 bridgehead atoms. The number of allylic oxidation sites excluding steroid dienone is 2. The Morgan fingerprint density at radius 2 is 1.83 bits per heavy atom. The van der Waals surface area contributed by atoms with Crippen molar-refractivity contribution in [2.75, 3.05) is 6.54 Å². The summed E-state index contributed by atoms with van der Waals surface area (Å²) in [5, 5.41) is 41.5. The Labute approximate surface area is 149 Å². The van der Waals surface area contributed by atoms with E-state index in [-0.39, 0.29) is 0 Å². The molecule has 0 saturated carbocycles. The second kappa shape index (κ2) is 14.1. The molecular weight excluding hydrogens is 365 g/mol. The van der Waals surface area contributed by atoms with E-state index in [1.54, 1.807) is 0 Å². The monoisotopic (exact) mass is 381 g/mol. The van der Waals surface area contributed by atoms with Crippen LogP contribution in [0.4, 0.5) is 0 Å². The molecule has 6 nitrogen and oxygen atoms in total. The van der Waals surface area contributed by atoms with Gasteiger partial charge in [-0.1, -0.05) is 31.4 Å². The Kier molecular flexibility index (Phi) is 13.2. The second-order valence-electron chi connectivity index (χ2n) is 4.65. The summed E-state index contributed by atoms with van der Waals surface area (Å²) >= 11 is 3.66. The van der Waals surface area contributed by atoms with Crippen molar-refractivity contribution in [2.24, 2.45) is 5.92 Å². The standard InChI is InChI=1S/C10H14N2.C5H3N3O.ClH.Cu/c1-3-7-11-9(5-1)10-6-2-4-8-12-10;6-1-4(2-7)5(9)3-8;;/h1,3,5,7,9-10H,2,4,6,8H2;4-5,9H;1H;/q-2;;;+1/p-1. The van der Waals surface area contributed by atoms with Crippen molar-refractivity contribution in [1.29, 1.82) is 15.8 Å². The van der Waals surface area contributed by atoms with Gasteiger partial charge in [-0.2, -0.15) is 22.0 Å². The average Bonchev–Trinajstić information content (AvgIpc) is 2.66. The summed E-state index contributed by atoms with van der Waals surface area (Å²) in [5.41, 5.74) is 0. The van der Waals surface area contributed by atoms with Gasteiger partial charge in [0.2, 0.25) is 0 Å². The van der Waals surface area contributed by atoms with E-state index >= 15 is 0 Å². The molecule has 23 heavy (non-hydrogen) atoms. The van der Waals surface area contributed by atoms with Crippen molar-refractivity contribution in [2.45, 2.75) is 37.5 Å². The molecule has 8 heteroatoms. The van der Waals surface area contributed by atoms with Gasteiger partial charge in [-0.05, 0) is 0 Å². The Bertz CT molecular complexity index is 485. The van der Waals surface area contributed by atoms with Crippen LogP contribution >= 0.6 is 10.1 Å². The normalized spacial score (nSPS) is 22.7. The number of nitriles is 3. The van der Waals surface area contributed by atoms with Crippen molar-refractivity contribution < 1.29 is 20.2 Å². The van der Waals surface area contributed by atoms with Crippen LogP contribution in [0, 0.1) is 39.9 Å². The van der Waals surface area contributed by atoms with Gasteiger partial charge >= 0.3 is 25.2 Å². The Balaban J connectivity index is 0.000000396. The van der Waals surface area contributed by atoms with Gasteiger partial charge in [0.1, 0.15) is 0 Å². The first-order valence-electron chi connectivity index (χ1n) is 6.91. The first-order chi connectivity index (χ1) is 11.2. The fraction of sp³-hybridized carbons (Fsp3) is 0.533. The predicted octanol–water partition coefficient (Wildman–Crippen LogP) is 2.96. The molecule has 2 aliphatic rings. The molecule has 2 aliphatic heterocycles. The molecule has 0 aromatic carbocycles. The number of halogens is 1. The number of hydrogen-bond acceptors (Lipinski definition) is 4. The van der Waals surface area contributed by atoms with Gasteiger partial charge in [-0.15, -0.1) is 24.7 Å². The maximum atomic E-state index is 8.51. The maximum absolute atomic E-state index is 8.51. The molecule has 1 fully saturated rings. The molecule has 0 aliphatic carbocycles. The van der Waals surface area contributed by atoms with Crippen molar-refractivity contribution in [1.82, 2.24) is 0 Å². The molecule has 2 heterocycles. The molecule has 0 aromatic rings. The zero-order valence-corrected chi connectivity index (χ0v) is 14.0. The van der Waals surface area contributed by atoms with Crippen LogP contribution in [0.25, 0.3) is 10.6 Å². The molecule has 0 amide bonds. The topological polar surface area (TPSA) is 120 Å². The minimum absolute atomic E-state index is 0.329. The summed E-state index contributed by atoms with van der Waals surface area (Å²) in [6.07, 6.45) is 10.4. The third-order valence-electron chi connectivity index (χ3n) is 3.16. The van der Waals surface area contributed by atoms with Crippen molar-refractivity contribution in [3.05, 3.63) is 35.1 Å². The fourth-order valence-corrected chi connectivity index (χ4v) is 1.99. The number of aliphatic hydroxyl groups is 1. The Morgan fingerprint density at radius 3 is 2.22 bits per heavy atom. The van der Waals surface area contributed by atoms with E-state index < -0.39 is 12.0 Å². The van der Waals surface area contributed by atoms with Gasteiger partial charge in [-0.25, -0.2) is 0 Å². The number of aliphatic hydroxyl groups excluding tert-OH is 1.